The lowest BCUT2D eigenvalue weighted by atomic mass is 9.85. The highest BCUT2D eigenvalue weighted by Gasteiger charge is 2.24. The Bertz CT molecular complexity index is 2810. The van der Waals surface area contributed by atoms with Gasteiger partial charge in [0.1, 0.15) is 4.83 Å². The standard InChI is InChI=1S/C49H39N3S/c1-31-14-6-8-18-35(28-31)42-29-36(30-43(50-42)38-19-9-7-15-32(38)2)33-24-26-37(27-25-33)52-44-23-13-11-21-40(44)46-45-39-20-10-12-22-41(39)51-47(48(45)53-49(46)52)34-16-4-3-5-17-34/h3-13,15-27,29-32,38H,14,28H2,1-2H3/t31-,32?,38?/m0/s1. The second-order valence-electron chi connectivity index (χ2n) is 14.7. The average molecular weight is 702 g/mol. The van der Waals surface area contributed by atoms with E-state index >= 15 is 0 Å². The van der Waals surface area contributed by atoms with E-state index in [2.05, 4.69) is 176 Å². The summed E-state index contributed by atoms with van der Waals surface area (Å²) >= 11 is 1.85. The summed E-state index contributed by atoms with van der Waals surface area (Å²) in [4.78, 5) is 11.8. The Kier molecular flexibility index (Phi) is 7.80. The fourth-order valence-corrected chi connectivity index (χ4v) is 9.77. The number of rotatable bonds is 5. The maximum absolute atomic E-state index is 5.34. The SMILES string of the molecule is CC1C=CC=CC1c1cc(-c2ccc(-n3c4ccccc4c4c5c(sc43)c(-c3ccccc3)nc3ccccc35)cc2)cc(C2=CC=CC[C@H](C)C2)n1. The van der Waals surface area contributed by atoms with Crippen LogP contribution in [0, 0.1) is 11.8 Å². The van der Waals surface area contributed by atoms with Gasteiger partial charge in [0.05, 0.1) is 27.1 Å². The van der Waals surface area contributed by atoms with Crippen LogP contribution in [-0.4, -0.2) is 14.5 Å². The topological polar surface area (TPSA) is 30.7 Å². The Morgan fingerprint density at radius 3 is 2.30 bits per heavy atom. The average Bonchev–Trinajstić information content (AvgIpc) is 3.65. The Hall–Kier alpha value is -5.84. The smallest absolute Gasteiger partial charge is 0.109 e. The Morgan fingerprint density at radius 2 is 1.45 bits per heavy atom. The monoisotopic (exact) mass is 701 g/mol. The highest BCUT2D eigenvalue weighted by Crippen LogP contribution is 2.47. The number of hydrogen-bond acceptors (Lipinski definition) is 3. The second kappa shape index (κ2) is 13.0. The van der Waals surface area contributed by atoms with Crippen LogP contribution < -0.4 is 0 Å². The van der Waals surface area contributed by atoms with Crippen molar-refractivity contribution in [3.8, 4) is 28.1 Å². The molecule has 0 saturated heterocycles. The number of thiophene rings is 1. The van der Waals surface area contributed by atoms with E-state index in [4.69, 9.17) is 9.97 Å². The van der Waals surface area contributed by atoms with Gasteiger partial charge in [0.25, 0.3) is 0 Å². The molecule has 0 radical (unpaired) electrons. The third kappa shape index (κ3) is 5.48. The number of fused-ring (bicyclic) bond motifs is 7. The van der Waals surface area contributed by atoms with Gasteiger partial charge in [0, 0.05) is 44.4 Å². The van der Waals surface area contributed by atoms with E-state index in [1.165, 1.54) is 53.3 Å². The first-order valence-electron chi connectivity index (χ1n) is 18.7. The van der Waals surface area contributed by atoms with E-state index in [1.807, 2.05) is 11.3 Å². The number of pyridine rings is 2. The van der Waals surface area contributed by atoms with Crippen LogP contribution in [0.3, 0.4) is 0 Å². The maximum Gasteiger partial charge on any atom is 0.109 e. The second-order valence-corrected chi connectivity index (χ2v) is 15.7. The van der Waals surface area contributed by atoms with Crippen LogP contribution in [-0.2, 0) is 0 Å². The van der Waals surface area contributed by atoms with Crippen LogP contribution in [0.2, 0.25) is 0 Å². The van der Waals surface area contributed by atoms with Crippen LogP contribution >= 0.6 is 11.3 Å². The predicted molar refractivity (Wildman–Crippen MR) is 226 cm³/mol. The first-order valence-corrected chi connectivity index (χ1v) is 19.6. The molecule has 0 N–H and O–H groups in total. The van der Waals surface area contributed by atoms with Crippen LogP contribution in [0.15, 0.2) is 158 Å². The molecule has 4 heterocycles. The minimum Gasteiger partial charge on any atom is -0.301 e. The number of para-hydroxylation sites is 2. The Labute approximate surface area is 314 Å². The summed E-state index contributed by atoms with van der Waals surface area (Å²) in [6, 6.07) is 41.9. The van der Waals surface area contributed by atoms with Crippen molar-refractivity contribution in [1.82, 2.24) is 14.5 Å². The van der Waals surface area contributed by atoms with Crippen LogP contribution in [0.5, 0.6) is 0 Å². The van der Waals surface area contributed by atoms with Crippen LogP contribution in [0.4, 0.5) is 0 Å². The summed E-state index contributed by atoms with van der Waals surface area (Å²) in [5.41, 5.74) is 11.5. The summed E-state index contributed by atoms with van der Waals surface area (Å²) in [5, 5.41) is 5.05. The molecule has 3 nitrogen and oxygen atoms in total. The molecule has 0 saturated carbocycles. The van der Waals surface area contributed by atoms with Gasteiger partial charge in [-0.2, -0.15) is 0 Å². The van der Waals surface area contributed by atoms with Crippen LogP contribution in [0.1, 0.15) is 44.0 Å². The molecule has 10 rings (SSSR count). The number of allylic oxidation sites excluding steroid dienone is 8. The first kappa shape index (κ1) is 31.9. The van der Waals surface area contributed by atoms with Crippen molar-refractivity contribution in [3.05, 3.63) is 169 Å². The van der Waals surface area contributed by atoms with Gasteiger partial charge < -0.3 is 4.57 Å². The molecule has 8 aromatic rings. The van der Waals surface area contributed by atoms with Crippen molar-refractivity contribution in [1.29, 1.82) is 0 Å². The van der Waals surface area contributed by atoms with E-state index < -0.39 is 0 Å². The molecule has 4 aromatic heterocycles. The lowest BCUT2D eigenvalue weighted by molar-refractivity contribution is 0.609. The number of benzene rings is 4. The molecular formula is C49H39N3S. The predicted octanol–water partition coefficient (Wildman–Crippen LogP) is 13.5. The molecule has 2 unspecified atom stereocenters. The number of hydrogen-bond donors (Lipinski definition) is 0. The lowest BCUT2D eigenvalue weighted by Crippen LogP contribution is -2.11. The molecular weight excluding hydrogens is 663 g/mol. The quantitative estimate of drug-likeness (QED) is 0.179. The van der Waals surface area contributed by atoms with Gasteiger partial charge in [-0.05, 0) is 77.8 Å². The molecule has 0 bridgehead atoms. The largest absolute Gasteiger partial charge is 0.301 e. The minimum absolute atomic E-state index is 0.246. The molecule has 3 atom stereocenters. The fourth-order valence-electron chi connectivity index (χ4n) is 8.40. The van der Waals surface area contributed by atoms with Gasteiger partial charge >= 0.3 is 0 Å². The van der Waals surface area contributed by atoms with Gasteiger partial charge in [-0.1, -0.05) is 135 Å². The van der Waals surface area contributed by atoms with Crippen molar-refractivity contribution < 1.29 is 0 Å². The van der Waals surface area contributed by atoms with Gasteiger partial charge in [-0.25, -0.2) is 4.98 Å². The fraction of sp³-hybridized carbons (Fsp3) is 0.143. The minimum atomic E-state index is 0.246. The number of aromatic nitrogens is 3. The molecule has 0 amide bonds. The normalized spacial score (nSPS) is 18.7. The molecule has 2 aliphatic carbocycles. The van der Waals surface area contributed by atoms with Crippen molar-refractivity contribution in [2.45, 2.75) is 32.6 Å². The van der Waals surface area contributed by atoms with E-state index in [1.54, 1.807) is 0 Å². The van der Waals surface area contributed by atoms with E-state index in [0.29, 0.717) is 11.8 Å². The summed E-state index contributed by atoms with van der Waals surface area (Å²) in [6.45, 7) is 4.63. The Morgan fingerprint density at radius 1 is 0.679 bits per heavy atom. The Balaban J connectivity index is 1.15. The maximum atomic E-state index is 5.34. The number of nitrogens with zero attached hydrogens (tertiary/aromatic N) is 3. The summed E-state index contributed by atoms with van der Waals surface area (Å²) in [5.74, 6) is 1.22. The first-order chi connectivity index (χ1) is 26.1. The molecule has 256 valence electrons. The van der Waals surface area contributed by atoms with Gasteiger partial charge in [0.2, 0.25) is 0 Å². The van der Waals surface area contributed by atoms with E-state index in [9.17, 15) is 0 Å². The third-order valence-corrected chi connectivity index (χ3v) is 12.3. The van der Waals surface area contributed by atoms with Crippen LogP contribution in [0.25, 0.3) is 75.8 Å². The molecule has 2 aliphatic rings. The van der Waals surface area contributed by atoms with Crippen molar-refractivity contribution in [2.24, 2.45) is 11.8 Å². The third-order valence-electron chi connectivity index (χ3n) is 11.1. The zero-order valence-electron chi connectivity index (χ0n) is 29.9. The van der Waals surface area contributed by atoms with E-state index in [-0.39, 0.29) is 5.92 Å². The summed E-state index contributed by atoms with van der Waals surface area (Å²) < 4.78 is 3.68. The molecule has 0 fully saturated rings. The lowest BCUT2D eigenvalue weighted by Gasteiger charge is -2.22. The summed E-state index contributed by atoms with van der Waals surface area (Å²) in [7, 11) is 0. The summed E-state index contributed by atoms with van der Waals surface area (Å²) in [6.07, 6.45) is 17.8. The van der Waals surface area contributed by atoms with Gasteiger partial charge in [-0.3, -0.25) is 4.98 Å². The van der Waals surface area contributed by atoms with Gasteiger partial charge in [-0.15, -0.1) is 11.3 Å². The highest BCUT2D eigenvalue weighted by atomic mass is 32.1. The van der Waals surface area contributed by atoms with Crippen molar-refractivity contribution in [2.75, 3.05) is 0 Å². The molecule has 4 heteroatoms. The zero-order valence-corrected chi connectivity index (χ0v) is 30.7. The van der Waals surface area contributed by atoms with Crippen molar-refractivity contribution in [3.63, 3.8) is 0 Å². The molecule has 4 aromatic carbocycles. The van der Waals surface area contributed by atoms with Crippen molar-refractivity contribution >= 4 is 59.0 Å². The zero-order chi connectivity index (χ0) is 35.5. The molecule has 53 heavy (non-hydrogen) atoms. The van der Waals surface area contributed by atoms with Gasteiger partial charge in [0.15, 0.2) is 0 Å². The van der Waals surface area contributed by atoms with E-state index in [0.717, 1.165) is 46.7 Å². The molecule has 0 spiro atoms. The molecule has 0 aliphatic heterocycles. The highest BCUT2D eigenvalue weighted by molar-refractivity contribution is 7.26.